The highest BCUT2D eigenvalue weighted by Crippen LogP contribution is 2.21. The van der Waals surface area contributed by atoms with Gasteiger partial charge in [-0.15, -0.1) is 0 Å². The van der Waals surface area contributed by atoms with Crippen molar-refractivity contribution in [1.82, 2.24) is 0 Å². The molecule has 3 nitrogen and oxygen atoms in total. The van der Waals surface area contributed by atoms with E-state index in [-0.39, 0.29) is 17.3 Å². The molecule has 0 unspecified atom stereocenters. The molecule has 0 N–H and O–H groups in total. The molecule has 4 heteroatoms. The number of carbonyl (C=O) groups excluding carboxylic acids is 1. The summed E-state index contributed by atoms with van der Waals surface area (Å²) >= 11 is 5.23. The molecule has 1 aromatic rings. The molecule has 2 atom stereocenters. The molecule has 0 amide bonds. The van der Waals surface area contributed by atoms with Crippen molar-refractivity contribution >= 4 is 23.7 Å². The van der Waals surface area contributed by atoms with Crippen molar-refractivity contribution in [3.8, 4) is 5.75 Å². The van der Waals surface area contributed by atoms with E-state index < -0.39 is 0 Å². The molecule has 0 saturated heterocycles. The molecule has 0 bridgehead atoms. The molecule has 128 valence electrons. The van der Waals surface area contributed by atoms with Gasteiger partial charge in [0, 0.05) is 18.6 Å². The SMILES string of the molecule is CCCCCC[C@H](OC(=S)Oc1ccccc1)[C@H](C)CCC=O. The van der Waals surface area contributed by atoms with Crippen molar-refractivity contribution in [2.45, 2.75) is 64.9 Å². The van der Waals surface area contributed by atoms with Gasteiger partial charge in [-0.3, -0.25) is 0 Å². The van der Waals surface area contributed by atoms with Crippen molar-refractivity contribution < 1.29 is 14.3 Å². The first-order chi connectivity index (χ1) is 11.2. The van der Waals surface area contributed by atoms with E-state index in [1.807, 2.05) is 30.3 Å². The average Bonchev–Trinajstić information content (AvgIpc) is 2.56. The molecule has 0 aliphatic carbocycles. The molecule has 23 heavy (non-hydrogen) atoms. The fraction of sp³-hybridized carbons (Fsp3) is 0.579. The lowest BCUT2D eigenvalue weighted by Crippen LogP contribution is -2.27. The maximum atomic E-state index is 10.6. The fourth-order valence-corrected chi connectivity index (χ4v) is 2.70. The number of benzene rings is 1. The summed E-state index contributed by atoms with van der Waals surface area (Å²) in [5, 5.41) is 0.162. The van der Waals surface area contributed by atoms with Crippen molar-refractivity contribution in [2.75, 3.05) is 0 Å². The molecule has 0 saturated carbocycles. The number of aldehydes is 1. The van der Waals surface area contributed by atoms with Crippen LogP contribution in [-0.4, -0.2) is 17.6 Å². The Balaban J connectivity index is 2.51. The van der Waals surface area contributed by atoms with Crippen LogP contribution in [0.1, 0.15) is 58.8 Å². The Morgan fingerprint density at radius 3 is 2.57 bits per heavy atom. The van der Waals surface area contributed by atoms with Crippen molar-refractivity contribution in [3.05, 3.63) is 30.3 Å². The Kier molecular flexibility index (Phi) is 10.3. The summed E-state index contributed by atoms with van der Waals surface area (Å²) in [5.74, 6) is 0.960. The highest BCUT2D eigenvalue weighted by atomic mass is 32.1. The lowest BCUT2D eigenvalue weighted by molar-refractivity contribution is -0.108. The summed E-state index contributed by atoms with van der Waals surface area (Å²) in [4.78, 5) is 10.6. The topological polar surface area (TPSA) is 35.5 Å². The lowest BCUT2D eigenvalue weighted by Gasteiger charge is -2.24. The first-order valence-corrected chi connectivity index (χ1v) is 8.95. The van der Waals surface area contributed by atoms with Crippen LogP contribution in [0.5, 0.6) is 5.75 Å². The van der Waals surface area contributed by atoms with E-state index in [1.54, 1.807) is 0 Å². The molecule has 0 fully saturated rings. The van der Waals surface area contributed by atoms with Crippen LogP contribution in [0, 0.1) is 5.92 Å². The highest BCUT2D eigenvalue weighted by Gasteiger charge is 2.20. The molecule has 0 aliphatic rings. The van der Waals surface area contributed by atoms with Crippen LogP contribution in [0.4, 0.5) is 0 Å². The number of carbonyl (C=O) groups is 1. The van der Waals surface area contributed by atoms with Crippen LogP contribution < -0.4 is 4.74 Å². The van der Waals surface area contributed by atoms with Crippen LogP contribution in [0.15, 0.2) is 30.3 Å². The van der Waals surface area contributed by atoms with Crippen LogP contribution in [-0.2, 0) is 9.53 Å². The monoisotopic (exact) mass is 336 g/mol. The Labute approximate surface area is 145 Å². The maximum absolute atomic E-state index is 10.6. The Morgan fingerprint density at radius 1 is 1.17 bits per heavy atom. The lowest BCUT2D eigenvalue weighted by atomic mass is 9.94. The number of rotatable bonds is 11. The van der Waals surface area contributed by atoms with E-state index in [0.29, 0.717) is 12.2 Å². The molecular weight excluding hydrogens is 308 g/mol. The minimum atomic E-state index is 0.00279. The molecule has 0 aliphatic heterocycles. The molecule has 0 radical (unpaired) electrons. The number of ether oxygens (including phenoxy) is 2. The summed E-state index contributed by atoms with van der Waals surface area (Å²) in [6, 6.07) is 9.41. The van der Waals surface area contributed by atoms with Gasteiger partial charge < -0.3 is 14.3 Å². The fourth-order valence-electron chi connectivity index (χ4n) is 2.48. The zero-order valence-corrected chi connectivity index (χ0v) is 15.0. The van der Waals surface area contributed by atoms with Crippen molar-refractivity contribution in [1.29, 1.82) is 0 Å². The Bertz CT molecular complexity index is 447. The van der Waals surface area contributed by atoms with Gasteiger partial charge in [0.2, 0.25) is 0 Å². The van der Waals surface area contributed by atoms with Gasteiger partial charge >= 0.3 is 5.24 Å². The third-order valence-corrected chi connectivity index (χ3v) is 4.09. The zero-order valence-electron chi connectivity index (χ0n) is 14.2. The van der Waals surface area contributed by atoms with E-state index in [1.165, 1.54) is 19.3 Å². The number of unbranched alkanes of at least 4 members (excludes halogenated alkanes) is 3. The van der Waals surface area contributed by atoms with Crippen LogP contribution >= 0.6 is 12.2 Å². The summed E-state index contributed by atoms with van der Waals surface area (Å²) in [7, 11) is 0. The second-order valence-corrected chi connectivity index (χ2v) is 6.23. The molecule has 1 aromatic carbocycles. The van der Waals surface area contributed by atoms with E-state index >= 15 is 0 Å². The Hall–Kier alpha value is -1.42. The first kappa shape index (κ1) is 19.6. The summed E-state index contributed by atoms with van der Waals surface area (Å²) in [6.07, 6.45) is 8.03. The van der Waals surface area contributed by atoms with Gasteiger partial charge in [0.05, 0.1) is 0 Å². The third-order valence-electron chi connectivity index (χ3n) is 3.91. The predicted molar refractivity (Wildman–Crippen MR) is 97.8 cm³/mol. The van der Waals surface area contributed by atoms with Crippen molar-refractivity contribution in [2.24, 2.45) is 5.92 Å². The largest absolute Gasteiger partial charge is 0.453 e. The summed E-state index contributed by atoms with van der Waals surface area (Å²) in [5.41, 5.74) is 0. The van der Waals surface area contributed by atoms with Gasteiger partial charge in [-0.05, 0) is 37.3 Å². The highest BCUT2D eigenvalue weighted by molar-refractivity contribution is 7.79. The van der Waals surface area contributed by atoms with Crippen LogP contribution in [0.25, 0.3) is 0 Å². The maximum Gasteiger partial charge on any atom is 0.358 e. The van der Waals surface area contributed by atoms with Crippen LogP contribution in [0.3, 0.4) is 0 Å². The average molecular weight is 336 g/mol. The number of para-hydroxylation sites is 1. The summed E-state index contributed by atoms with van der Waals surface area (Å²) < 4.78 is 11.5. The Morgan fingerprint density at radius 2 is 1.91 bits per heavy atom. The molecular formula is C19H28O3S. The van der Waals surface area contributed by atoms with E-state index in [4.69, 9.17) is 21.7 Å². The van der Waals surface area contributed by atoms with Gasteiger partial charge in [0.25, 0.3) is 0 Å². The smallest absolute Gasteiger partial charge is 0.358 e. The summed E-state index contributed by atoms with van der Waals surface area (Å²) in [6.45, 7) is 4.31. The molecule has 0 spiro atoms. The first-order valence-electron chi connectivity index (χ1n) is 8.54. The predicted octanol–water partition coefficient (Wildman–Crippen LogP) is 5.32. The number of hydrogen-bond acceptors (Lipinski definition) is 4. The minimum absolute atomic E-state index is 0.00279. The number of thiocarbonyl (C=S) groups is 1. The van der Waals surface area contributed by atoms with E-state index in [2.05, 4.69) is 13.8 Å². The van der Waals surface area contributed by atoms with Gasteiger partial charge in [-0.2, -0.15) is 0 Å². The van der Waals surface area contributed by atoms with Gasteiger partial charge in [0.1, 0.15) is 18.1 Å². The third kappa shape index (κ3) is 8.70. The van der Waals surface area contributed by atoms with Crippen molar-refractivity contribution in [3.63, 3.8) is 0 Å². The van der Waals surface area contributed by atoms with Crippen LogP contribution in [0.2, 0.25) is 0 Å². The second-order valence-electron chi connectivity index (χ2n) is 5.89. The normalized spacial score (nSPS) is 13.1. The second kappa shape index (κ2) is 12.1. The zero-order chi connectivity index (χ0) is 16.9. The molecule has 0 heterocycles. The van der Waals surface area contributed by atoms with E-state index in [0.717, 1.165) is 25.5 Å². The van der Waals surface area contributed by atoms with Gasteiger partial charge in [-0.1, -0.05) is 51.3 Å². The minimum Gasteiger partial charge on any atom is -0.453 e. The molecule has 1 rings (SSSR count). The molecule has 0 aromatic heterocycles. The van der Waals surface area contributed by atoms with Gasteiger partial charge in [0.15, 0.2) is 0 Å². The standard InChI is InChI=1S/C19H28O3S/c1-3-4-5-9-14-18(16(2)11-10-15-20)22-19(23)21-17-12-7-6-8-13-17/h6-8,12-13,15-16,18H,3-5,9-11,14H2,1-2H3/t16-,18+/m1/s1. The van der Waals surface area contributed by atoms with Gasteiger partial charge in [-0.25, -0.2) is 0 Å². The number of hydrogen-bond donors (Lipinski definition) is 0. The quantitative estimate of drug-likeness (QED) is 0.311. The van der Waals surface area contributed by atoms with E-state index in [9.17, 15) is 4.79 Å².